The van der Waals surface area contributed by atoms with Crippen molar-refractivity contribution >= 4 is 11.4 Å². The van der Waals surface area contributed by atoms with Crippen molar-refractivity contribution in [2.45, 2.75) is 6.92 Å². The van der Waals surface area contributed by atoms with E-state index in [9.17, 15) is 0 Å². The van der Waals surface area contributed by atoms with Crippen LogP contribution in [0.2, 0.25) is 0 Å². The summed E-state index contributed by atoms with van der Waals surface area (Å²) in [6, 6.07) is 4.01. The van der Waals surface area contributed by atoms with Gasteiger partial charge in [0.25, 0.3) is 0 Å². The van der Waals surface area contributed by atoms with Gasteiger partial charge in [-0.1, -0.05) is 24.8 Å². The zero-order valence-corrected chi connectivity index (χ0v) is 10.6. The molecule has 0 aromatic carbocycles. The molecule has 3 heteroatoms. The highest BCUT2D eigenvalue weighted by molar-refractivity contribution is 5.75. The van der Waals surface area contributed by atoms with E-state index >= 15 is 0 Å². The molecule has 1 aromatic rings. The average Bonchev–Trinajstić information content (AvgIpc) is 2.36. The van der Waals surface area contributed by atoms with E-state index in [0.29, 0.717) is 0 Å². The summed E-state index contributed by atoms with van der Waals surface area (Å²) in [6.07, 6.45) is 7.60. The molecule has 1 aromatic heterocycles. The number of anilines is 1. The third-order valence-corrected chi connectivity index (χ3v) is 2.39. The van der Waals surface area contributed by atoms with Crippen molar-refractivity contribution < 1.29 is 0 Å². The highest BCUT2D eigenvalue weighted by atomic mass is 15.0. The molecule has 0 atom stereocenters. The molecule has 0 saturated heterocycles. The van der Waals surface area contributed by atoms with E-state index in [4.69, 9.17) is 0 Å². The molecule has 1 heterocycles. The average molecular weight is 229 g/mol. The summed E-state index contributed by atoms with van der Waals surface area (Å²) in [5, 5.41) is 5.98. The van der Waals surface area contributed by atoms with Gasteiger partial charge in [-0.15, -0.1) is 0 Å². The van der Waals surface area contributed by atoms with Crippen molar-refractivity contribution in [2.24, 2.45) is 0 Å². The van der Waals surface area contributed by atoms with Crippen molar-refractivity contribution in [1.82, 2.24) is 10.3 Å². The standard InChI is InChI=1S/C14H19N3/c1-5-12(7-6-10-15-3)14-11(2)8-9-13(16-4)17-14/h5-10,15H,1H2,2-4H3,(H,16,17)/b10-6-,12-7+. The Bertz CT molecular complexity index is 445. The lowest BCUT2D eigenvalue weighted by molar-refractivity contribution is 1.10. The molecule has 0 fully saturated rings. The highest BCUT2D eigenvalue weighted by Gasteiger charge is 2.04. The zero-order valence-electron chi connectivity index (χ0n) is 10.6. The maximum Gasteiger partial charge on any atom is 0.126 e. The van der Waals surface area contributed by atoms with E-state index in [0.717, 1.165) is 22.6 Å². The molecule has 0 bridgehead atoms. The number of rotatable bonds is 5. The number of aryl methyl sites for hydroxylation is 1. The maximum atomic E-state index is 4.54. The van der Waals surface area contributed by atoms with Gasteiger partial charge in [-0.3, -0.25) is 0 Å². The number of hydrogen-bond donors (Lipinski definition) is 2. The molecule has 0 amide bonds. The van der Waals surface area contributed by atoms with Crippen LogP contribution >= 0.6 is 0 Å². The van der Waals surface area contributed by atoms with Crippen LogP contribution in [0.3, 0.4) is 0 Å². The molecule has 0 saturated carbocycles. The fourth-order valence-electron chi connectivity index (χ4n) is 1.45. The van der Waals surface area contributed by atoms with Gasteiger partial charge in [-0.25, -0.2) is 4.98 Å². The normalized spacial score (nSPS) is 11.6. The molecule has 0 radical (unpaired) electrons. The van der Waals surface area contributed by atoms with Gasteiger partial charge in [-0.05, 0) is 36.4 Å². The lowest BCUT2D eigenvalue weighted by Gasteiger charge is -2.08. The molecule has 0 aliphatic rings. The summed E-state index contributed by atoms with van der Waals surface area (Å²) in [4.78, 5) is 4.54. The first-order valence-electron chi connectivity index (χ1n) is 5.55. The lowest BCUT2D eigenvalue weighted by atomic mass is 10.1. The van der Waals surface area contributed by atoms with Crippen molar-refractivity contribution in [1.29, 1.82) is 0 Å². The smallest absolute Gasteiger partial charge is 0.126 e. The van der Waals surface area contributed by atoms with Crippen LogP contribution in [-0.4, -0.2) is 19.1 Å². The third kappa shape index (κ3) is 3.48. The Balaban J connectivity index is 3.14. The summed E-state index contributed by atoms with van der Waals surface area (Å²) in [5.74, 6) is 0.857. The number of hydrogen-bond acceptors (Lipinski definition) is 3. The van der Waals surface area contributed by atoms with Gasteiger partial charge >= 0.3 is 0 Å². The maximum absolute atomic E-state index is 4.54. The highest BCUT2D eigenvalue weighted by Crippen LogP contribution is 2.19. The molecule has 1 rings (SSSR count). The van der Waals surface area contributed by atoms with Crippen LogP contribution in [0, 0.1) is 6.92 Å². The number of nitrogens with zero attached hydrogens (tertiary/aromatic N) is 1. The summed E-state index contributed by atoms with van der Waals surface area (Å²) in [6.45, 7) is 5.87. The van der Waals surface area contributed by atoms with E-state index in [1.165, 1.54) is 0 Å². The fraction of sp³-hybridized carbons (Fsp3) is 0.214. The second-order valence-corrected chi connectivity index (χ2v) is 3.59. The van der Waals surface area contributed by atoms with E-state index in [-0.39, 0.29) is 0 Å². The minimum Gasteiger partial charge on any atom is -0.394 e. The van der Waals surface area contributed by atoms with Crippen LogP contribution < -0.4 is 10.6 Å². The second kappa shape index (κ2) is 6.53. The van der Waals surface area contributed by atoms with Crippen LogP contribution in [0.15, 0.2) is 43.1 Å². The predicted molar refractivity (Wildman–Crippen MR) is 74.9 cm³/mol. The Morgan fingerprint density at radius 3 is 2.71 bits per heavy atom. The van der Waals surface area contributed by atoms with Crippen LogP contribution in [0.4, 0.5) is 5.82 Å². The first-order valence-corrected chi connectivity index (χ1v) is 5.55. The molecule has 17 heavy (non-hydrogen) atoms. The van der Waals surface area contributed by atoms with Crippen LogP contribution in [0.5, 0.6) is 0 Å². The van der Waals surface area contributed by atoms with Crippen molar-refractivity contribution in [3.05, 3.63) is 54.4 Å². The number of allylic oxidation sites excluding steroid dienone is 4. The van der Waals surface area contributed by atoms with Crippen LogP contribution in [-0.2, 0) is 0 Å². The van der Waals surface area contributed by atoms with Crippen molar-refractivity contribution in [3.63, 3.8) is 0 Å². The number of pyridine rings is 1. The van der Waals surface area contributed by atoms with Gasteiger partial charge in [0.2, 0.25) is 0 Å². The fourth-order valence-corrected chi connectivity index (χ4v) is 1.45. The van der Waals surface area contributed by atoms with E-state index < -0.39 is 0 Å². The second-order valence-electron chi connectivity index (χ2n) is 3.59. The molecule has 3 nitrogen and oxygen atoms in total. The minimum atomic E-state index is 0.857. The first-order chi connectivity index (χ1) is 8.22. The zero-order chi connectivity index (χ0) is 12.7. The Labute approximate surface area is 103 Å². The Morgan fingerprint density at radius 2 is 2.12 bits per heavy atom. The quantitative estimate of drug-likeness (QED) is 0.762. The van der Waals surface area contributed by atoms with Gasteiger partial charge in [-0.2, -0.15) is 0 Å². The molecule has 2 N–H and O–H groups in total. The van der Waals surface area contributed by atoms with Crippen LogP contribution in [0.1, 0.15) is 11.3 Å². The van der Waals surface area contributed by atoms with Crippen LogP contribution in [0.25, 0.3) is 5.57 Å². The summed E-state index contributed by atoms with van der Waals surface area (Å²) in [7, 11) is 3.72. The summed E-state index contributed by atoms with van der Waals surface area (Å²) < 4.78 is 0. The Morgan fingerprint density at radius 1 is 1.35 bits per heavy atom. The Kier molecular flexibility index (Phi) is 5.01. The first kappa shape index (κ1) is 13.0. The van der Waals surface area contributed by atoms with Gasteiger partial charge in [0.05, 0.1) is 5.69 Å². The van der Waals surface area contributed by atoms with Crippen molar-refractivity contribution in [3.8, 4) is 0 Å². The molecule has 0 spiro atoms. The Hall–Kier alpha value is -2.03. The molecular formula is C14H19N3. The molecular weight excluding hydrogens is 210 g/mol. The predicted octanol–water partition coefficient (Wildman–Crippen LogP) is 2.73. The molecule has 90 valence electrons. The molecule has 0 aliphatic heterocycles. The monoisotopic (exact) mass is 229 g/mol. The SMILES string of the molecule is C=C/C(=C\C=C/NC)c1nc(NC)ccc1C. The number of nitrogens with one attached hydrogen (secondary N) is 2. The van der Waals surface area contributed by atoms with Gasteiger partial charge in [0.15, 0.2) is 0 Å². The van der Waals surface area contributed by atoms with E-state index in [2.05, 4.69) is 22.2 Å². The minimum absolute atomic E-state index is 0.857. The van der Waals surface area contributed by atoms with Gasteiger partial charge in [0.1, 0.15) is 5.82 Å². The van der Waals surface area contributed by atoms with Gasteiger partial charge < -0.3 is 10.6 Å². The van der Waals surface area contributed by atoms with Crippen molar-refractivity contribution in [2.75, 3.05) is 19.4 Å². The van der Waals surface area contributed by atoms with Gasteiger partial charge in [0, 0.05) is 14.1 Å². The molecule has 0 unspecified atom stereocenters. The third-order valence-electron chi connectivity index (χ3n) is 2.39. The number of aromatic nitrogens is 1. The summed E-state index contributed by atoms with van der Waals surface area (Å²) >= 11 is 0. The van der Waals surface area contributed by atoms with E-state index in [1.807, 2.05) is 57.6 Å². The topological polar surface area (TPSA) is 37.0 Å². The lowest BCUT2D eigenvalue weighted by Crippen LogP contribution is -1.98. The molecule has 0 aliphatic carbocycles. The largest absolute Gasteiger partial charge is 0.394 e. The van der Waals surface area contributed by atoms with E-state index in [1.54, 1.807) is 0 Å². The summed E-state index contributed by atoms with van der Waals surface area (Å²) in [5.41, 5.74) is 3.09.